The van der Waals surface area contributed by atoms with Crippen LogP contribution in [-0.4, -0.2) is 49.2 Å². The summed E-state index contributed by atoms with van der Waals surface area (Å²) >= 11 is 6.35. The van der Waals surface area contributed by atoms with Crippen LogP contribution in [0.4, 0.5) is 4.39 Å². The van der Waals surface area contributed by atoms with Gasteiger partial charge in [-0.1, -0.05) is 11.6 Å². The number of aliphatic hydroxyl groups is 1. The number of aromatic nitrogens is 5. The molecule has 1 unspecified atom stereocenters. The van der Waals surface area contributed by atoms with Gasteiger partial charge in [-0.15, -0.1) is 13.1 Å². The molecule has 11 heteroatoms. The van der Waals surface area contributed by atoms with E-state index in [2.05, 4.69) is 22.3 Å². The first-order chi connectivity index (χ1) is 15.5. The van der Waals surface area contributed by atoms with E-state index in [0.717, 1.165) is 49.1 Å². The van der Waals surface area contributed by atoms with Gasteiger partial charge >= 0.3 is 0 Å². The maximum absolute atomic E-state index is 13.1. The fourth-order valence-corrected chi connectivity index (χ4v) is 4.17. The van der Waals surface area contributed by atoms with E-state index in [1.165, 1.54) is 17.8 Å². The van der Waals surface area contributed by atoms with Crippen LogP contribution in [0.5, 0.6) is 5.75 Å². The smallest absolute Gasteiger partial charge is 0.147 e. The molecule has 0 amide bonds. The molecule has 5 rings (SSSR count). The minimum Gasteiger partial charge on any atom is -0.660 e. The summed E-state index contributed by atoms with van der Waals surface area (Å²) in [7, 11) is 0. The second kappa shape index (κ2) is 9.87. The number of pyridine rings is 2. The Labute approximate surface area is 208 Å². The Morgan fingerprint density at radius 3 is 2.94 bits per heavy atom. The van der Waals surface area contributed by atoms with Crippen LogP contribution in [0, 0.1) is 12.7 Å². The predicted molar refractivity (Wildman–Crippen MR) is 118 cm³/mol. The molecular formula is C22H21ClFN6O2Re-. The molecule has 1 radical (unpaired) electrons. The van der Waals surface area contributed by atoms with Crippen molar-refractivity contribution in [3.63, 3.8) is 0 Å². The van der Waals surface area contributed by atoms with Crippen LogP contribution in [0.1, 0.15) is 23.1 Å². The molecule has 0 saturated carbocycles. The number of fused-ring (bicyclic) bond motifs is 2. The third kappa shape index (κ3) is 4.67. The van der Waals surface area contributed by atoms with Crippen molar-refractivity contribution < 1.29 is 34.7 Å². The molecule has 0 spiro atoms. The maximum atomic E-state index is 13.1. The molecule has 4 aromatic heterocycles. The second-order valence-electron chi connectivity index (χ2n) is 7.67. The topological polar surface area (TPSA) is 91.6 Å². The third-order valence-electron chi connectivity index (χ3n) is 5.59. The van der Waals surface area contributed by atoms with Crippen molar-refractivity contribution in [1.82, 2.24) is 24.4 Å². The van der Waals surface area contributed by atoms with Crippen molar-refractivity contribution in [2.75, 3.05) is 19.7 Å². The first-order valence-corrected chi connectivity index (χ1v) is 10.7. The molecule has 8 nitrogen and oxygen atoms in total. The molecular weight excluding hydrogens is 621 g/mol. The van der Waals surface area contributed by atoms with E-state index < -0.39 is 11.9 Å². The summed E-state index contributed by atoms with van der Waals surface area (Å²) in [6.45, 7) is 4.28. The molecule has 1 atom stereocenters. The minimum atomic E-state index is -1.03. The van der Waals surface area contributed by atoms with Crippen LogP contribution >= 0.6 is 11.6 Å². The Morgan fingerprint density at radius 2 is 2.15 bits per heavy atom. The normalized spacial score (nSPS) is 14.4. The molecule has 0 saturated heterocycles. The summed E-state index contributed by atoms with van der Waals surface area (Å²) in [5.74, 6) is -0.00594. The van der Waals surface area contributed by atoms with Crippen LogP contribution in [0.3, 0.4) is 0 Å². The molecule has 173 valence electrons. The fraction of sp³-hybridized carbons (Fsp3) is 0.318. The zero-order valence-electron chi connectivity index (χ0n) is 17.7. The van der Waals surface area contributed by atoms with Gasteiger partial charge in [-0.2, -0.15) is 10.2 Å². The van der Waals surface area contributed by atoms with E-state index in [-0.39, 0.29) is 27.0 Å². The van der Waals surface area contributed by atoms with Gasteiger partial charge in [-0.05, 0) is 37.1 Å². The molecule has 0 aromatic carbocycles. The third-order valence-corrected chi connectivity index (χ3v) is 5.87. The molecule has 0 fully saturated rings. The predicted octanol–water partition coefficient (Wildman–Crippen LogP) is 3.73. The first-order valence-electron chi connectivity index (χ1n) is 10.3. The van der Waals surface area contributed by atoms with Crippen LogP contribution < -0.4 is 4.74 Å². The number of nitrogens with zero attached hydrogens (tertiary/aromatic N) is 6. The summed E-state index contributed by atoms with van der Waals surface area (Å²) in [6, 6.07) is 4.53. The number of rotatable bonds is 5. The second-order valence-corrected chi connectivity index (χ2v) is 8.08. The zero-order valence-corrected chi connectivity index (χ0v) is 21.2. The van der Waals surface area contributed by atoms with E-state index in [9.17, 15) is 9.50 Å². The van der Waals surface area contributed by atoms with E-state index in [0.29, 0.717) is 22.0 Å². The summed E-state index contributed by atoms with van der Waals surface area (Å²) in [4.78, 5) is 3.91. The summed E-state index contributed by atoms with van der Waals surface area (Å²) < 4.78 is 22.7. The van der Waals surface area contributed by atoms with Crippen molar-refractivity contribution in [2.45, 2.75) is 26.0 Å². The van der Waals surface area contributed by atoms with Crippen LogP contribution in [0.25, 0.3) is 22.1 Å². The minimum absolute atomic E-state index is 0. The zero-order chi connectivity index (χ0) is 22.2. The largest absolute Gasteiger partial charge is 0.660 e. The Bertz CT molecular complexity index is 1280. The monoisotopic (exact) mass is 642 g/mol. The molecule has 4 aromatic rings. The van der Waals surface area contributed by atoms with Gasteiger partial charge in [0.2, 0.25) is 0 Å². The van der Waals surface area contributed by atoms with E-state index in [1.807, 2.05) is 16.9 Å². The average Bonchev–Trinajstić information content (AvgIpc) is 3.21. The molecule has 1 aliphatic heterocycles. The van der Waals surface area contributed by atoms with Crippen LogP contribution in [0.15, 0.2) is 36.8 Å². The van der Waals surface area contributed by atoms with Gasteiger partial charge in [0.1, 0.15) is 29.8 Å². The van der Waals surface area contributed by atoms with Crippen molar-refractivity contribution in [3.8, 4) is 17.0 Å². The Morgan fingerprint density at radius 1 is 1.30 bits per heavy atom. The Kier molecular flexibility index (Phi) is 7.12. The summed E-state index contributed by atoms with van der Waals surface area (Å²) in [5, 5.41) is 24.5. The van der Waals surface area contributed by atoms with Gasteiger partial charge < -0.3 is 15.2 Å². The molecule has 0 aliphatic carbocycles. The van der Waals surface area contributed by atoms with Crippen LogP contribution in [0.2, 0.25) is 5.02 Å². The van der Waals surface area contributed by atoms with Gasteiger partial charge in [-0.3, -0.25) is 9.67 Å². The number of ether oxygens (including phenoxy) is 1. The van der Waals surface area contributed by atoms with Crippen LogP contribution in [-0.2, 0) is 33.4 Å². The Hall–Kier alpha value is -2.35. The Balaban J connectivity index is 0.00000259. The molecule has 33 heavy (non-hydrogen) atoms. The molecule has 0 bridgehead atoms. The van der Waals surface area contributed by atoms with Gasteiger partial charge in [0.15, 0.2) is 0 Å². The van der Waals surface area contributed by atoms with Gasteiger partial charge in [0.05, 0.1) is 28.8 Å². The number of aliphatic hydroxyl groups excluding tert-OH is 1. The quantitative estimate of drug-likeness (QED) is 0.359. The van der Waals surface area contributed by atoms with Crippen molar-refractivity contribution in [2.24, 2.45) is 0 Å². The fourth-order valence-electron chi connectivity index (χ4n) is 3.95. The van der Waals surface area contributed by atoms with E-state index >= 15 is 0 Å². The molecule has 1 aliphatic rings. The molecule has 5 heterocycles. The number of hydrogen-bond donors (Lipinski definition) is 1. The molecule has 1 N–H and O–H groups in total. The van der Waals surface area contributed by atoms with Crippen molar-refractivity contribution in [3.05, 3.63) is 69.9 Å². The van der Waals surface area contributed by atoms with Gasteiger partial charge in [0.25, 0.3) is 0 Å². The van der Waals surface area contributed by atoms with Crippen molar-refractivity contribution >= 4 is 17.1 Å². The summed E-state index contributed by atoms with van der Waals surface area (Å²) in [5.41, 5.74) is 4.86. The van der Waals surface area contributed by atoms with Crippen molar-refractivity contribution in [1.29, 1.82) is 0 Å². The number of hydrogen-bond acceptors (Lipinski definition) is 5. The summed E-state index contributed by atoms with van der Waals surface area (Å²) in [6.07, 6.45) is 4.29. The maximum Gasteiger partial charge on any atom is 0.147 e. The average molecular weight is 642 g/mol. The van der Waals surface area contributed by atoms with Gasteiger partial charge in [0, 0.05) is 44.4 Å². The standard InChI is InChI=1S/C22H21ClFN6O2.Re/c1-13-18-4-5-25-6-7-29(18)28-21(13)14-8-20(22-16(23)10-27-30(22)11-14)32-12-19(31)17-3-2-15(24)9-26-17;/h2-3,8-11,19,31H,4-7,12H2,1H3;/q-1;. The van der Waals surface area contributed by atoms with E-state index in [1.54, 1.807) is 10.7 Å². The number of halogens is 2. The first kappa shape index (κ1) is 23.8. The van der Waals surface area contributed by atoms with E-state index in [4.69, 9.17) is 21.4 Å². The SMILES string of the molecule is Cc1c(-c2cc(OCC(O)c3ccc(F)cn3)c3c(Cl)cnn3c2)nn2c1CC[N-]CC2.[Re]. The van der Waals surface area contributed by atoms with Gasteiger partial charge in [-0.25, -0.2) is 8.91 Å².